The van der Waals surface area contributed by atoms with Crippen molar-refractivity contribution in [2.45, 2.75) is 53.1 Å². The molecule has 236 valence electrons. The number of aromatic nitrogens is 1. The molecule has 0 spiro atoms. The molecule has 0 bridgehead atoms. The van der Waals surface area contributed by atoms with Gasteiger partial charge in [-0.3, -0.25) is 4.99 Å². The molecule has 11 nitrogen and oxygen atoms in total. The van der Waals surface area contributed by atoms with Gasteiger partial charge in [0.1, 0.15) is 17.6 Å². The Hall–Kier alpha value is -5.19. The standard InChI is InChI=1S/C34H37N3O8/c1-5-35-26-17-28-24(14-19(26)3)33(25-15-20(4)27(36-6-2)18-29(25)44-28)23-16-21(9-10-22(23)34(41)42)43-13-7-8-32(40)45-37-30(38)11-12-31(37)39/h9-12,14-17,29,35,38-39H,5-8,13,18H2,1-4H3,(H,41,42). The molecule has 0 fully saturated rings. The maximum atomic E-state index is 12.5. The predicted octanol–water partition coefficient (Wildman–Crippen LogP) is 5.53. The summed E-state index contributed by atoms with van der Waals surface area (Å²) in [6, 6.07) is 11.2. The highest BCUT2D eigenvalue weighted by Gasteiger charge is 2.34. The summed E-state index contributed by atoms with van der Waals surface area (Å²) in [5, 5.41) is 33.0. The Morgan fingerprint density at radius 1 is 1.07 bits per heavy atom. The number of aromatic hydroxyl groups is 2. The minimum absolute atomic E-state index is 0.0437. The zero-order valence-corrected chi connectivity index (χ0v) is 25.7. The normalized spacial score (nSPS) is 16.4. The lowest BCUT2D eigenvalue weighted by Gasteiger charge is -2.35. The lowest BCUT2D eigenvalue weighted by molar-refractivity contribution is -0.145. The topological polar surface area (TPSA) is 152 Å². The summed E-state index contributed by atoms with van der Waals surface area (Å²) < 4.78 is 13.2. The van der Waals surface area contributed by atoms with Gasteiger partial charge in [0.05, 0.1) is 18.6 Å². The second kappa shape index (κ2) is 13.2. The van der Waals surface area contributed by atoms with E-state index < -0.39 is 23.7 Å². The van der Waals surface area contributed by atoms with Crippen LogP contribution in [0, 0.1) is 6.92 Å². The van der Waals surface area contributed by atoms with Crippen molar-refractivity contribution < 1.29 is 39.2 Å². The quantitative estimate of drug-likeness (QED) is 0.204. The van der Waals surface area contributed by atoms with Crippen molar-refractivity contribution in [3.8, 4) is 23.3 Å². The van der Waals surface area contributed by atoms with E-state index in [1.54, 1.807) is 12.1 Å². The Morgan fingerprint density at radius 3 is 2.51 bits per heavy atom. The van der Waals surface area contributed by atoms with E-state index >= 15 is 0 Å². The molecule has 1 aliphatic heterocycles. The summed E-state index contributed by atoms with van der Waals surface area (Å²) in [6.45, 7) is 9.55. The number of fused-ring (bicyclic) bond motifs is 2. The summed E-state index contributed by atoms with van der Waals surface area (Å²) in [6.07, 6.45) is 2.48. The van der Waals surface area contributed by atoms with Crippen molar-refractivity contribution >= 4 is 28.9 Å². The van der Waals surface area contributed by atoms with Crippen molar-refractivity contribution in [1.29, 1.82) is 0 Å². The minimum Gasteiger partial charge on any atom is -0.494 e. The van der Waals surface area contributed by atoms with Crippen molar-refractivity contribution in [2.75, 3.05) is 25.0 Å². The number of benzene rings is 2. The lowest BCUT2D eigenvalue weighted by Crippen LogP contribution is -2.31. The van der Waals surface area contributed by atoms with Gasteiger partial charge in [0, 0.05) is 71.4 Å². The molecular weight excluding hydrogens is 578 g/mol. The van der Waals surface area contributed by atoms with Gasteiger partial charge in [0.15, 0.2) is 0 Å². The molecule has 3 aromatic rings. The van der Waals surface area contributed by atoms with Crippen LogP contribution in [0.4, 0.5) is 5.69 Å². The highest BCUT2D eigenvalue weighted by molar-refractivity contribution is 6.05. The Bertz CT molecular complexity index is 1710. The molecule has 2 heterocycles. The number of hydrogen-bond acceptors (Lipinski definition) is 9. The van der Waals surface area contributed by atoms with Gasteiger partial charge in [-0.25, -0.2) is 9.59 Å². The second-order valence-electron chi connectivity index (χ2n) is 10.9. The first-order valence-corrected chi connectivity index (χ1v) is 14.9. The number of allylic oxidation sites excluding steroid dienone is 1. The lowest BCUT2D eigenvalue weighted by atomic mass is 9.80. The molecule has 1 aliphatic carbocycles. The first kappa shape index (κ1) is 31.2. The number of rotatable bonds is 11. The number of nitrogens with zero attached hydrogens (tertiary/aromatic N) is 2. The van der Waals surface area contributed by atoms with E-state index in [1.807, 2.05) is 45.9 Å². The van der Waals surface area contributed by atoms with Gasteiger partial charge in [0.2, 0.25) is 11.8 Å². The van der Waals surface area contributed by atoms with Gasteiger partial charge in [-0.1, -0.05) is 0 Å². The van der Waals surface area contributed by atoms with E-state index in [0.717, 1.165) is 45.8 Å². The molecule has 1 unspecified atom stereocenters. The number of aromatic carboxylic acids is 1. The monoisotopic (exact) mass is 615 g/mol. The zero-order valence-electron chi connectivity index (χ0n) is 25.7. The van der Waals surface area contributed by atoms with Crippen LogP contribution in [0.15, 0.2) is 64.7 Å². The molecule has 0 saturated heterocycles. The SMILES string of the molecule is CCN=C1CC2Oc3cc(NCC)c(C)cc3C(c3cc(OCCCC(=O)On4c(O)ccc4O)ccc3C(=O)O)=C2C=C1C. The summed E-state index contributed by atoms with van der Waals surface area (Å²) in [5.74, 6) is -1.45. The smallest absolute Gasteiger partial charge is 0.336 e. The Morgan fingerprint density at radius 2 is 1.82 bits per heavy atom. The average Bonchev–Trinajstić information content (AvgIpc) is 3.31. The van der Waals surface area contributed by atoms with Crippen LogP contribution in [0.5, 0.6) is 23.3 Å². The molecule has 45 heavy (non-hydrogen) atoms. The largest absolute Gasteiger partial charge is 0.494 e. The number of carbonyl (C=O) groups excluding carboxylic acids is 1. The predicted molar refractivity (Wildman–Crippen MR) is 170 cm³/mol. The number of aliphatic imine (C=N–C) groups is 1. The molecule has 5 rings (SSSR count). The van der Waals surface area contributed by atoms with E-state index in [-0.39, 0.29) is 31.1 Å². The molecule has 1 atom stereocenters. The third kappa shape index (κ3) is 6.52. The number of aryl methyl sites for hydroxylation is 1. The van der Waals surface area contributed by atoms with Gasteiger partial charge < -0.3 is 34.9 Å². The minimum atomic E-state index is -1.07. The molecule has 0 amide bonds. The van der Waals surface area contributed by atoms with Crippen LogP contribution in [0.2, 0.25) is 0 Å². The zero-order chi connectivity index (χ0) is 32.2. The van der Waals surface area contributed by atoms with Crippen molar-refractivity contribution in [1.82, 2.24) is 4.73 Å². The first-order valence-electron chi connectivity index (χ1n) is 14.9. The summed E-state index contributed by atoms with van der Waals surface area (Å²) in [7, 11) is 0. The van der Waals surface area contributed by atoms with Crippen molar-refractivity contribution in [3.05, 3.63) is 81.9 Å². The summed E-state index contributed by atoms with van der Waals surface area (Å²) >= 11 is 0. The third-order valence-corrected chi connectivity index (χ3v) is 7.70. The molecule has 4 N–H and O–H groups in total. The van der Waals surface area contributed by atoms with Gasteiger partial charge in [-0.05, 0) is 75.6 Å². The van der Waals surface area contributed by atoms with Gasteiger partial charge in [-0.2, -0.15) is 0 Å². The van der Waals surface area contributed by atoms with E-state index in [2.05, 4.69) is 10.3 Å². The van der Waals surface area contributed by atoms with Gasteiger partial charge >= 0.3 is 11.9 Å². The summed E-state index contributed by atoms with van der Waals surface area (Å²) in [4.78, 5) is 34.4. The maximum absolute atomic E-state index is 12.5. The first-order chi connectivity index (χ1) is 21.6. The van der Waals surface area contributed by atoms with Crippen LogP contribution in [-0.4, -0.2) is 63.5 Å². The van der Waals surface area contributed by atoms with Gasteiger partial charge in [-0.15, -0.1) is 4.73 Å². The van der Waals surface area contributed by atoms with E-state index in [1.165, 1.54) is 18.2 Å². The van der Waals surface area contributed by atoms with E-state index in [0.29, 0.717) is 34.8 Å². The number of carbonyl (C=O) groups is 2. The fourth-order valence-electron chi connectivity index (χ4n) is 5.60. The highest BCUT2D eigenvalue weighted by Crippen LogP contribution is 2.46. The number of nitrogens with one attached hydrogen (secondary N) is 1. The molecule has 2 aromatic carbocycles. The van der Waals surface area contributed by atoms with E-state index in [9.17, 15) is 24.9 Å². The van der Waals surface area contributed by atoms with Crippen LogP contribution < -0.4 is 19.6 Å². The molecule has 11 heteroatoms. The van der Waals surface area contributed by atoms with Crippen LogP contribution in [0.3, 0.4) is 0 Å². The molecule has 0 saturated carbocycles. The Balaban J connectivity index is 1.49. The Kier molecular flexibility index (Phi) is 9.17. The van der Waals surface area contributed by atoms with Crippen LogP contribution in [0.1, 0.15) is 67.1 Å². The summed E-state index contributed by atoms with van der Waals surface area (Å²) in [5.41, 5.74) is 6.97. The number of hydrogen-bond donors (Lipinski definition) is 4. The Labute approximate surface area is 261 Å². The van der Waals surface area contributed by atoms with Crippen LogP contribution in [0.25, 0.3) is 5.57 Å². The molecule has 1 aromatic heterocycles. The fraction of sp³-hybridized carbons (Fsp3) is 0.324. The average molecular weight is 616 g/mol. The molecular formula is C34H37N3O8. The second-order valence-corrected chi connectivity index (χ2v) is 10.9. The molecule has 0 radical (unpaired) electrons. The number of anilines is 1. The van der Waals surface area contributed by atoms with Crippen LogP contribution >= 0.6 is 0 Å². The van der Waals surface area contributed by atoms with Crippen LogP contribution in [-0.2, 0) is 4.79 Å². The number of carboxylic acid groups (broad SMARTS) is 1. The fourth-order valence-corrected chi connectivity index (χ4v) is 5.60. The maximum Gasteiger partial charge on any atom is 0.336 e. The van der Waals surface area contributed by atoms with Gasteiger partial charge in [0.25, 0.3) is 0 Å². The molecule has 2 aliphatic rings. The highest BCUT2D eigenvalue weighted by atomic mass is 16.7. The van der Waals surface area contributed by atoms with E-state index in [4.69, 9.17) is 14.3 Å². The number of carboxylic acids is 1. The van der Waals surface area contributed by atoms with Crippen molar-refractivity contribution in [3.63, 3.8) is 0 Å². The van der Waals surface area contributed by atoms with Crippen molar-refractivity contribution in [2.24, 2.45) is 4.99 Å². The number of ether oxygens (including phenoxy) is 2. The third-order valence-electron chi connectivity index (χ3n) is 7.70.